The average Bonchev–Trinajstić information content (AvgIpc) is 2.36. The summed E-state index contributed by atoms with van der Waals surface area (Å²) in [7, 11) is -2.63. The SMILES string of the molecule is CCN(CC)[Si](C)(C)CCC(F)(F)C(F)(F)C(F)(F)C(F)(F)F. The molecule has 140 valence electrons. The van der Waals surface area contributed by atoms with Gasteiger partial charge in [-0.25, -0.2) is 0 Å². The number of halogens is 9. The van der Waals surface area contributed by atoms with Crippen LogP contribution in [0.2, 0.25) is 19.1 Å². The van der Waals surface area contributed by atoms with E-state index in [1.807, 2.05) is 0 Å². The van der Waals surface area contributed by atoms with Crippen molar-refractivity contribution in [3.8, 4) is 0 Å². The molecule has 0 heterocycles. The van der Waals surface area contributed by atoms with Gasteiger partial charge in [0.25, 0.3) is 0 Å². The summed E-state index contributed by atoms with van der Waals surface area (Å²) in [5, 5.41) is 0. The Morgan fingerprint density at radius 3 is 1.43 bits per heavy atom. The normalized spacial score (nSPS) is 15.4. The summed E-state index contributed by atoms with van der Waals surface area (Å²) < 4.78 is 117. The molecule has 23 heavy (non-hydrogen) atoms. The van der Waals surface area contributed by atoms with Crippen LogP contribution in [0.3, 0.4) is 0 Å². The highest BCUT2D eigenvalue weighted by Crippen LogP contribution is 2.54. The maximum absolute atomic E-state index is 13.5. The minimum atomic E-state index is -6.80. The van der Waals surface area contributed by atoms with E-state index in [1.54, 1.807) is 31.5 Å². The van der Waals surface area contributed by atoms with E-state index >= 15 is 0 Å². The van der Waals surface area contributed by atoms with Gasteiger partial charge < -0.3 is 4.57 Å². The zero-order valence-corrected chi connectivity index (χ0v) is 14.2. The molecular weight excluding hydrogens is 357 g/mol. The molecule has 0 unspecified atom stereocenters. The fraction of sp³-hybridized carbons (Fsp3) is 1.00. The Kier molecular flexibility index (Phi) is 6.68. The van der Waals surface area contributed by atoms with E-state index < -0.39 is 44.6 Å². The number of hydrogen-bond acceptors (Lipinski definition) is 1. The van der Waals surface area contributed by atoms with Gasteiger partial charge in [0.1, 0.15) is 8.24 Å². The molecule has 0 aromatic heterocycles. The lowest BCUT2D eigenvalue weighted by molar-refractivity contribution is -0.396. The summed E-state index contributed by atoms with van der Waals surface area (Å²) in [6.45, 7) is 7.44. The highest BCUT2D eigenvalue weighted by Gasteiger charge is 2.81. The molecule has 0 N–H and O–H groups in total. The van der Waals surface area contributed by atoms with Crippen LogP contribution in [0.4, 0.5) is 39.5 Å². The molecule has 0 saturated heterocycles. The second-order valence-corrected chi connectivity index (χ2v) is 10.6. The zero-order chi connectivity index (χ0) is 18.9. The van der Waals surface area contributed by atoms with Crippen LogP contribution in [0, 0.1) is 0 Å². The third kappa shape index (κ3) is 4.34. The topological polar surface area (TPSA) is 3.24 Å². The van der Waals surface area contributed by atoms with Crippen LogP contribution in [-0.4, -0.2) is 49.8 Å². The highest BCUT2D eigenvalue weighted by atomic mass is 28.3. The minimum absolute atomic E-state index is 0.441. The first kappa shape index (κ1) is 22.5. The first-order valence-electron chi connectivity index (χ1n) is 6.93. The molecular formula is C12H20F9NSi. The molecule has 0 aromatic carbocycles. The van der Waals surface area contributed by atoms with E-state index in [2.05, 4.69) is 0 Å². The van der Waals surface area contributed by atoms with E-state index in [0.29, 0.717) is 13.1 Å². The van der Waals surface area contributed by atoms with E-state index in [9.17, 15) is 39.5 Å². The van der Waals surface area contributed by atoms with Gasteiger partial charge in [-0.3, -0.25) is 0 Å². The lowest BCUT2D eigenvalue weighted by atomic mass is 10.0. The monoisotopic (exact) mass is 377 g/mol. The second-order valence-electron chi connectivity index (χ2n) is 5.84. The van der Waals surface area contributed by atoms with Crippen molar-refractivity contribution < 1.29 is 39.5 Å². The number of hydrogen-bond donors (Lipinski definition) is 0. The Bertz CT molecular complexity index is 388. The summed E-state index contributed by atoms with van der Waals surface area (Å²) >= 11 is 0. The molecule has 0 atom stereocenters. The maximum atomic E-state index is 13.5. The number of nitrogens with zero attached hydrogens (tertiary/aromatic N) is 1. The van der Waals surface area contributed by atoms with Crippen molar-refractivity contribution in [1.82, 2.24) is 4.57 Å². The van der Waals surface area contributed by atoms with Crippen molar-refractivity contribution in [3.63, 3.8) is 0 Å². The van der Waals surface area contributed by atoms with Gasteiger partial charge in [0.2, 0.25) is 0 Å². The zero-order valence-electron chi connectivity index (χ0n) is 13.2. The molecule has 0 radical (unpaired) electrons. The summed E-state index contributed by atoms with van der Waals surface area (Å²) in [6.07, 6.45) is -8.49. The van der Waals surface area contributed by atoms with Crippen LogP contribution in [0.15, 0.2) is 0 Å². The molecule has 0 rings (SSSR count). The van der Waals surface area contributed by atoms with Gasteiger partial charge in [0.05, 0.1) is 0 Å². The quantitative estimate of drug-likeness (QED) is 0.405. The summed E-state index contributed by atoms with van der Waals surface area (Å²) in [5.74, 6) is -18.8. The van der Waals surface area contributed by atoms with Crippen LogP contribution in [0.1, 0.15) is 20.3 Å². The Morgan fingerprint density at radius 2 is 1.13 bits per heavy atom. The summed E-state index contributed by atoms with van der Waals surface area (Å²) in [4.78, 5) is 0. The minimum Gasteiger partial charge on any atom is -0.324 e. The van der Waals surface area contributed by atoms with Crippen molar-refractivity contribution in [1.29, 1.82) is 0 Å². The van der Waals surface area contributed by atoms with Crippen LogP contribution < -0.4 is 0 Å². The van der Waals surface area contributed by atoms with E-state index in [1.165, 1.54) is 0 Å². The lowest BCUT2D eigenvalue weighted by Gasteiger charge is -2.38. The average molecular weight is 377 g/mol. The van der Waals surface area contributed by atoms with E-state index in [-0.39, 0.29) is 0 Å². The molecule has 0 amide bonds. The maximum Gasteiger partial charge on any atom is 0.460 e. The smallest absolute Gasteiger partial charge is 0.324 e. The van der Waals surface area contributed by atoms with Crippen molar-refractivity contribution in [2.24, 2.45) is 0 Å². The first-order chi connectivity index (χ1) is 9.98. The number of alkyl halides is 9. The Hall–Kier alpha value is -0.453. The van der Waals surface area contributed by atoms with Gasteiger partial charge in [0, 0.05) is 6.42 Å². The third-order valence-electron chi connectivity index (χ3n) is 3.88. The summed E-state index contributed by atoms with van der Waals surface area (Å²) in [6, 6.07) is -0.537. The van der Waals surface area contributed by atoms with Gasteiger partial charge in [-0.2, -0.15) is 39.5 Å². The molecule has 0 aromatic rings. The van der Waals surface area contributed by atoms with Crippen molar-refractivity contribution in [3.05, 3.63) is 0 Å². The largest absolute Gasteiger partial charge is 0.460 e. The van der Waals surface area contributed by atoms with E-state index in [0.717, 1.165) is 0 Å². The van der Waals surface area contributed by atoms with E-state index in [4.69, 9.17) is 0 Å². The van der Waals surface area contributed by atoms with Crippen LogP contribution >= 0.6 is 0 Å². The molecule has 0 saturated carbocycles. The van der Waals surface area contributed by atoms with Gasteiger partial charge in [-0.1, -0.05) is 26.9 Å². The van der Waals surface area contributed by atoms with Gasteiger partial charge in [-0.05, 0) is 19.1 Å². The van der Waals surface area contributed by atoms with Crippen LogP contribution in [-0.2, 0) is 0 Å². The second kappa shape index (κ2) is 6.81. The Balaban J connectivity index is 5.35. The predicted molar refractivity (Wildman–Crippen MR) is 70.7 cm³/mol. The predicted octanol–water partition coefficient (Wildman–Crippen LogP) is 5.39. The Labute approximate surface area is 129 Å². The van der Waals surface area contributed by atoms with Crippen molar-refractivity contribution in [2.45, 2.75) is 63.4 Å². The van der Waals surface area contributed by atoms with Gasteiger partial charge in [-0.15, -0.1) is 0 Å². The molecule has 0 spiro atoms. The first-order valence-corrected chi connectivity index (χ1v) is 10.1. The fourth-order valence-corrected chi connectivity index (χ4v) is 5.22. The molecule has 0 aliphatic carbocycles. The molecule has 1 nitrogen and oxygen atoms in total. The molecule has 11 heteroatoms. The van der Waals surface area contributed by atoms with Crippen LogP contribution in [0.25, 0.3) is 0 Å². The fourth-order valence-electron chi connectivity index (χ4n) is 2.27. The lowest BCUT2D eigenvalue weighted by Crippen LogP contribution is -2.61. The van der Waals surface area contributed by atoms with Crippen LogP contribution in [0.5, 0.6) is 0 Å². The van der Waals surface area contributed by atoms with Gasteiger partial charge >= 0.3 is 23.9 Å². The molecule has 0 aliphatic rings. The molecule has 0 bridgehead atoms. The molecule has 0 aliphatic heterocycles. The third-order valence-corrected chi connectivity index (χ3v) is 7.70. The van der Waals surface area contributed by atoms with Gasteiger partial charge in [0.15, 0.2) is 0 Å². The van der Waals surface area contributed by atoms with Crippen molar-refractivity contribution >= 4 is 8.24 Å². The summed E-state index contributed by atoms with van der Waals surface area (Å²) in [5.41, 5.74) is 0. The van der Waals surface area contributed by atoms with Crippen molar-refractivity contribution in [2.75, 3.05) is 13.1 Å². The highest BCUT2D eigenvalue weighted by molar-refractivity contribution is 6.74. The standard InChI is InChI=1S/C12H20F9NSi/c1-5-22(6-2)23(3,4)8-7-9(13,14)10(15,16)11(17,18)12(19,20)21/h5-8H2,1-4H3. The Morgan fingerprint density at radius 1 is 0.739 bits per heavy atom. The molecule has 0 fully saturated rings. The number of rotatable bonds is 8.